The molecule has 2 bridgehead atoms. The Morgan fingerprint density at radius 3 is 2.47 bits per heavy atom. The molecule has 2 aromatic carbocycles. The number of benzene rings is 2. The molecule has 0 spiro atoms. The molecule has 252 valence electrons. The predicted molar refractivity (Wildman–Crippen MR) is 185 cm³/mol. The van der Waals surface area contributed by atoms with Gasteiger partial charge in [0.05, 0.1) is 18.3 Å². The molecule has 2 saturated heterocycles. The van der Waals surface area contributed by atoms with E-state index in [9.17, 15) is 14.7 Å². The number of nitrogens with zero attached hydrogens (tertiary/aromatic N) is 6. The van der Waals surface area contributed by atoms with Crippen LogP contribution in [0, 0.1) is 17.8 Å². The standard InChI is InChI=1S/C38H41N7O4/c1-49-32-17-27(38(48)44-21-26-8-11-30(44)33(26)39)15-29-34(32)45(20-23-12-14-42(18-23)37(47)24-6-9-28(46)10-7-24)36(41-29)31-16-25-3-2-13-40-35(25)43(31)19-22-4-5-22/h2-3,6-7,9-10,13,15-17,22-23,26,30,33,46H,4-5,8,11-12,14,18-21,39H2,1H3/t23-,26?,30?,33+/m0/s1. The van der Waals surface area contributed by atoms with Gasteiger partial charge in [0, 0.05) is 67.5 Å². The highest BCUT2D eigenvalue weighted by Crippen LogP contribution is 2.41. The molecule has 4 aliphatic rings. The fourth-order valence-corrected chi connectivity index (χ4v) is 8.56. The lowest BCUT2D eigenvalue weighted by Gasteiger charge is -2.27. The second-order valence-corrected chi connectivity index (χ2v) is 14.5. The summed E-state index contributed by atoms with van der Waals surface area (Å²) in [5, 5.41) is 10.8. The van der Waals surface area contributed by atoms with Gasteiger partial charge in [0.25, 0.3) is 11.8 Å². The number of ether oxygens (including phenoxy) is 1. The van der Waals surface area contributed by atoms with E-state index in [0.29, 0.717) is 60.4 Å². The monoisotopic (exact) mass is 659 g/mol. The minimum Gasteiger partial charge on any atom is -0.508 e. The van der Waals surface area contributed by atoms with Gasteiger partial charge in [-0.25, -0.2) is 9.97 Å². The molecule has 2 aliphatic heterocycles. The maximum Gasteiger partial charge on any atom is 0.254 e. The van der Waals surface area contributed by atoms with Gasteiger partial charge in [-0.1, -0.05) is 0 Å². The Morgan fingerprint density at radius 1 is 0.918 bits per heavy atom. The zero-order valence-electron chi connectivity index (χ0n) is 27.7. The molecule has 49 heavy (non-hydrogen) atoms. The van der Waals surface area contributed by atoms with Crippen molar-refractivity contribution >= 4 is 33.9 Å². The number of likely N-dealkylation sites (tertiary alicyclic amines) is 2. The number of methoxy groups -OCH3 is 1. The van der Waals surface area contributed by atoms with Gasteiger partial charge in [-0.05, 0) is 104 Å². The molecule has 11 heteroatoms. The number of fused-ring (bicyclic) bond motifs is 4. The molecule has 11 nitrogen and oxygen atoms in total. The molecule has 3 N–H and O–H groups in total. The summed E-state index contributed by atoms with van der Waals surface area (Å²) in [7, 11) is 1.65. The van der Waals surface area contributed by atoms with Crippen LogP contribution in [0.3, 0.4) is 0 Å². The summed E-state index contributed by atoms with van der Waals surface area (Å²) in [6.45, 7) is 3.43. The van der Waals surface area contributed by atoms with E-state index in [1.807, 2.05) is 34.2 Å². The van der Waals surface area contributed by atoms with E-state index in [1.165, 1.54) is 12.8 Å². The van der Waals surface area contributed by atoms with Crippen LogP contribution in [0.25, 0.3) is 33.6 Å². The first-order valence-corrected chi connectivity index (χ1v) is 17.5. The van der Waals surface area contributed by atoms with E-state index in [-0.39, 0.29) is 35.6 Å². The Balaban J connectivity index is 1.13. The van der Waals surface area contributed by atoms with Crippen LogP contribution in [0.2, 0.25) is 0 Å². The van der Waals surface area contributed by atoms with E-state index < -0.39 is 0 Å². The highest BCUT2D eigenvalue weighted by molar-refractivity contribution is 6.00. The normalized spacial score (nSPS) is 23.3. The quantitative estimate of drug-likeness (QED) is 0.242. The Hall–Kier alpha value is -4.90. The Labute approximate surface area is 284 Å². The van der Waals surface area contributed by atoms with Crippen molar-refractivity contribution in [1.29, 1.82) is 0 Å². The highest BCUT2D eigenvalue weighted by atomic mass is 16.5. The number of phenols is 1. The maximum absolute atomic E-state index is 14.0. The minimum atomic E-state index is -0.0371. The van der Waals surface area contributed by atoms with Crippen molar-refractivity contribution < 1.29 is 19.4 Å². The fourth-order valence-electron chi connectivity index (χ4n) is 8.56. The van der Waals surface area contributed by atoms with Gasteiger partial charge in [0.1, 0.15) is 22.7 Å². The van der Waals surface area contributed by atoms with E-state index in [1.54, 1.807) is 31.4 Å². The Morgan fingerprint density at radius 2 is 1.73 bits per heavy atom. The summed E-state index contributed by atoms with van der Waals surface area (Å²) >= 11 is 0. The number of amides is 2. The van der Waals surface area contributed by atoms with Crippen molar-refractivity contribution in [1.82, 2.24) is 28.9 Å². The van der Waals surface area contributed by atoms with Crippen molar-refractivity contribution in [2.45, 2.75) is 57.3 Å². The highest BCUT2D eigenvalue weighted by Gasteiger charge is 2.47. The molecule has 2 amide bonds. The molecule has 2 unspecified atom stereocenters. The van der Waals surface area contributed by atoms with E-state index >= 15 is 0 Å². The van der Waals surface area contributed by atoms with Gasteiger partial charge in [0.15, 0.2) is 5.82 Å². The summed E-state index contributed by atoms with van der Waals surface area (Å²) < 4.78 is 10.6. The largest absolute Gasteiger partial charge is 0.508 e. The molecule has 2 saturated carbocycles. The molecular weight excluding hydrogens is 618 g/mol. The van der Waals surface area contributed by atoms with E-state index in [2.05, 4.69) is 21.3 Å². The van der Waals surface area contributed by atoms with Crippen LogP contribution in [0.1, 0.15) is 52.8 Å². The Bertz CT molecular complexity index is 2100. The third-order valence-corrected chi connectivity index (χ3v) is 11.3. The first-order chi connectivity index (χ1) is 23.9. The number of phenolic OH excluding ortho intramolecular Hbond substituents is 1. The second-order valence-electron chi connectivity index (χ2n) is 14.5. The smallest absolute Gasteiger partial charge is 0.254 e. The summed E-state index contributed by atoms with van der Waals surface area (Å²) in [4.78, 5) is 41.3. The summed E-state index contributed by atoms with van der Waals surface area (Å²) in [6.07, 6.45) is 7.12. The number of imidazole rings is 1. The number of pyridine rings is 1. The van der Waals surface area contributed by atoms with Crippen LogP contribution >= 0.6 is 0 Å². The molecular formula is C38H41N7O4. The molecule has 2 aliphatic carbocycles. The number of hydrogen-bond acceptors (Lipinski definition) is 7. The summed E-state index contributed by atoms with van der Waals surface area (Å²) in [5.41, 5.74) is 11.1. The number of carbonyl (C=O) groups is 2. The van der Waals surface area contributed by atoms with Crippen molar-refractivity contribution in [3.63, 3.8) is 0 Å². The van der Waals surface area contributed by atoms with Crippen molar-refractivity contribution in [2.24, 2.45) is 23.5 Å². The predicted octanol–water partition coefficient (Wildman–Crippen LogP) is 4.90. The molecule has 5 heterocycles. The van der Waals surface area contributed by atoms with Crippen LogP contribution in [0.15, 0.2) is 60.8 Å². The zero-order valence-corrected chi connectivity index (χ0v) is 27.7. The number of hydrogen-bond donors (Lipinski definition) is 2. The minimum absolute atomic E-state index is 0.0230. The third-order valence-electron chi connectivity index (χ3n) is 11.3. The van der Waals surface area contributed by atoms with E-state index in [4.69, 9.17) is 20.4 Å². The van der Waals surface area contributed by atoms with E-state index in [0.717, 1.165) is 53.9 Å². The van der Waals surface area contributed by atoms with Crippen LogP contribution in [-0.2, 0) is 13.1 Å². The maximum atomic E-state index is 14.0. The third kappa shape index (κ3) is 5.13. The summed E-state index contributed by atoms with van der Waals surface area (Å²) in [6, 6.07) is 16.6. The van der Waals surface area contributed by atoms with Crippen LogP contribution in [-0.4, -0.2) is 84.7 Å². The van der Waals surface area contributed by atoms with Crippen molar-refractivity contribution in [3.05, 3.63) is 71.9 Å². The molecule has 3 aromatic heterocycles. The fraction of sp³-hybridized carbons (Fsp3) is 0.421. The van der Waals surface area contributed by atoms with Gasteiger partial charge >= 0.3 is 0 Å². The van der Waals surface area contributed by atoms with Gasteiger partial charge in [-0.3, -0.25) is 9.59 Å². The molecule has 5 aromatic rings. The number of nitrogens with two attached hydrogens (primary N) is 1. The van der Waals surface area contributed by atoms with Gasteiger partial charge in [-0.2, -0.15) is 0 Å². The number of piperidine rings is 1. The van der Waals surface area contributed by atoms with Gasteiger partial charge in [-0.15, -0.1) is 0 Å². The SMILES string of the molecule is COc1cc(C(=O)N2CC3CCC2[C@@H]3N)cc2nc(-c3cc4cccnc4n3CC3CC3)n(C[C@H]3CCN(C(=O)c4ccc(O)cc4)C3)c12. The Kier molecular flexibility index (Phi) is 7.15. The molecule has 9 rings (SSSR count). The summed E-state index contributed by atoms with van der Waals surface area (Å²) in [5.74, 6) is 2.64. The lowest BCUT2D eigenvalue weighted by atomic mass is 10.1. The number of carbonyl (C=O) groups excluding carboxylic acids is 2. The number of rotatable bonds is 8. The van der Waals surface area contributed by atoms with Gasteiger partial charge in [0.2, 0.25) is 0 Å². The van der Waals surface area contributed by atoms with Crippen LogP contribution in [0.5, 0.6) is 11.5 Å². The number of aromatic nitrogens is 4. The molecule has 4 fully saturated rings. The van der Waals surface area contributed by atoms with Crippen molar-refractivity contribution in [2.75, 3.05) is 26.7 Å². The first-order valence-electron chi connectivity index (χ1n) is 17.5. The molecule has 4 atom stereocenters. The topological polar surface area (TPSA) is 132 Å². The van der Waals surface area contributed by atoms with Gasteiger partial charge < -0.3 is 34.5 Å². The average Bonchev–Trinajstić information content (AvgIpc) is 3.43. The molecule has 0 radical (unpaired) electrons. The van der Waals surface area contributed by atoms with Crippen LogP contribution in [0.4, 0.5) is 0 Å². The lowest BCUT2D eigenvalue weighted by molar-refractivity contribution is 0.0700. The van der Waals surface area contributed by atoms with Crippen molar-refractivity contribution in [3.8, 4) is 23.0 Å². The lowest BCUT2D eigenvalue weighted by Crippen LogP contribution is -2.41. The second kappa shape index (κ2) is 11.6. The van der Waals surface area contributed by atoms with Crippen LogP contribution < -0.4 is 10.5 Å². The average molecular weight is 660 g/mol. The number of aromatic hydroxyl groups is 1. The zero-order chi connectivity index (χ0) is 33.4. The first kappa shape index (κ1) is 30.2.